The highest BCUT2D eigenvalue weighted by Crippen LogP contribution is 2.23. The molecule has 0 bridgehead atoms. The molecule has 0 radical (unpaired) electrons. The van der Waals surface area contributed by atoms with Crippen LogP contribution in [0.4, 0.5) is 0 Å². The van der Waals surface area contributed by atoms with Crippen LogP contribution in [0.25, 0.3) is 0 Å². The van der Waals surface area contributed by atoms with E-state index in [2.05, 4.69) is 21.9 Å². The van der Waals surface area contributed by atoms with Crippen LogP contribution >= 0.6 is 15.9 Å². The Kier molecular flexibility index (Phi) is 3.73. The van der Waals surface area contributed by atoms with Gasteiger partial charge in [-0.05, 0) is 41.1 Å². The molecule has 72 valence electrons. The molecule has 0 aliphatic heterocycles. The second-order valence-electron chi connectivity index (χ2n) is 2.69. The molecule has 0 aliphatic carbocycles. The monoisotopic (exact) mass is 252 g/mol. The van der Waals surface area contributed by atoms with E-state index in [9.17, 15) is 4.79 Å². The molecular formula is C11H9BrO2. The maximum atomic E-state index is 11.1. The van der Waals surface area contributed by atoms with E-state index >= 15 is 0 Å². The second kappa shape index (κ2) is 4.83. The lowest BCUT2D eigenvalue weighted by molar-refractivity contribution is 0.101. The summed E-state index contributed by atoms with van der Waals surface area (Å²) in [7, 11) is 0. The summed E-state index contributed by atoms with van der Waals surface area (Å²) >= 11 is 3.29. The summed E-state index contributed by atoms with van der Waals surface area (Å²) in [5.74, 6) is 3.04. The van der Waals surface area contributed by atoms with Crippen LogP contribution in [0, 0.1) is 12.3 Å². The number of Topliss-reactive ketones (excluding diaryl/α,β-unsaturated/α-hetero) is 1. The number of terminal acetylenes is 1. The Morgan fingerprint density at radius 3 is 2.86 bits per heavy atom. The first kappa shape index (κ1) is 10.8. The Labute approximate surface area is 91.4 Å². The minimum Gasteiger partial charge on any atom is -0.481 e. The van der Waals surface area contributed by atoms with E-state index in [-0.39, 0.29) is 12.4 Å². The number of hydrogen-bond donors (Lipinski definition) is 0. The van der Waals surface area contributed by atoms with Crippen molar-refractivity contribution in [2.24, 2.45) is 0 Å². The SMILES string of the molecule is C#CCOc1ccc(C(C)=O)c(Br)c1. The van der Waals surface area contributed by atoms with E-state index in [4.69, 9.17) is 11.2 Å². The van der Waals surface area contributed by atoms with Gasteiger partial charge < -0.3 is 4.74 Å². The number of carbonyl (C=O) groups excluding carboxylic acids is 1. The van der Waals surface area contributed by atoms with Crippen molar-refractivity contribution in [1.82, 2.24) is 0 Å². The van der Waals surface area contributed by atoms with Crippen LogP contribution < -0.4 is 4.74 Å². The molecule has 1 aromatic carbocycles. The third kappa shape index (κ3) is 2.61. The average Bonchev–Trinajstić information content (AvgIpc) is 2.14. The molecule has 1 rings (SSSR count). The highest BCUT2D eigenvalue weighted by molar-refractivity contribution is 9.10. The molecule has 0 heterocycles. The number of benzene rings is 1. The van der Waals surface area contributed by atoms with Crippen LogP contribution in [-0.4, -0.2) is 12.4 Å². The van der Waals surface area contributed by atoms with Crippen molar-refractivity contribution < 1.29 is 9.53 Å². The molecule has 14 heavy (non-hydrogen) atoms. The normalized spacial score (nSPS) is 9.21. The number of halogens is 1. The van der Waals surface area contributed by atoms with Crippen molar-refractivity contribution in [3.8, 4) is 18.1 Å². The van der Waals surface area contributed by atoms with E-state index in [1.165, 1.54) is 6.92 Å². The van der Waals surface area contributed by atoms with Crippen molar-refractivity contribution in [2.75, 3.05) is 6.61 Å². The van der Waals surface area contributed by atoms with Crippen LogP contribution in [0.5, 0.6) is 5.75 Å². The average molecular weight is 253 g/mol. The smallest absolute Gasteiger partial charge is 0.160 e. The van der Waals surface area contributed by atoms with E-state index in [0.29, 0.717) is 11.3 Å². The first-order valence-corrected chi connectivity index (χ1v) is 4.81. The predicted octanol–water partition coefficient (Wildman–Crippen LogP) is 2.66. The van der Waals surface area contributed by atoms with Gasteiger partial charge in [0.1, 0.15) is 12.4 Å². The minimum absolute atomic E-state index is 0.0142. The first-order chi connectivity index (χ1) is 6.65. The zero-order valence-electron chi connectivity index (χ0n) is 7.71. The highest BCUT2D eigenvalue weighted by atomic mass is 79.9. The molecule has 0 aromatic heterocycles. The van der Waals surface area contributed by atoms with Crippen LogP contribution in [0.2, 0.25) is 0 Å². The van der Waals surface area contributed by atoms with Crippen molar-refractivity contribution in [1.29, 1.82) is 0 Å². The fourth-order valence-corrected chi connectivity index (χ4v) is 1.63. The Balaban J connectivity index is 2.90. The number of hydrogen-bond acceptors (Lipinski definition) is 2. The molecule has 0 saturated heterocycles. The summed E-state index contributed by atoms with van der Waals surface area (Å²) in [6, 6.07) is 5.16. The van der Waals surface area contributed by atoms with Gasteiger partial charge in [-0.2, -0.15) is 0 Å². The van der Waals surface area contributed by atoms with Gasteiger partial charge in [-0.25, -0.2) is 0 Å². The van der Waals surface area contributed by atoms with Gasteiger partial charge in [0.05, 0.1) is 0 Å². The zero-order valence-corrected chi connectivity index (χ0v) is 9.30. The molecule has 0 amide bonds. The van der Waals surface area contributed by atoms with Crippen LogP contribution in [-0.2, 0) is 0 Å². The lowest BCUT2D eigenvalue weighted by atomic mass is 10.1. The van der Waals surface area contributed by atoms with Crippen molar-refractivity contribution in [3.63, 3.8) is 0 Å². The summed E-state index contributed by atoms with van der Waals surface area (Å²) in [4.78, 5) is 11.1. The van der Waals surface area contributed by atoms with Crippen LogP contribution in [0.3, 0.4) is 0 Å². The van der Waals surface area contributed by atoms with Gasteiger partial charge in [0.25, 0.3) is 0 Å². The van der Waals surface area contributed by atoms with Gasteiger partial charge >= 0.3 is 0 Å². The lowest BCUT2D eigenvalue weighted by Crippen LogP contribution is -1.97. The van der Waals surface area contributed by atoms with E-state index < -0.39 is 0 Å². The molecule has 2 nitrogen and oxygen atoms in total. The molecule has 0 aliphatic rings. The molecule has 0 fully saturated rings. The summed E-state index contributed by atoms with van der Waals surface area (Å²) in [5, 5.41) is 0. The Bertz CT molecular complexity index is 391. The van der Waals surface area contributed by atoms with Crippen LogP contribution in [0.1, 0.15) is 17.3 Å². The second-order valence-corrected chi connectivity index (χ2v) is 3.54. The van der Waals surface area contributed by atoms with Gasteiger partial charge in [-0.3, -0.25) is 4.79 Å². The summed E-state index contributed by atoms with van der Waals surface area (Å²) < 4.78 is 5.92. The van der Waals surface area contributed by atoms with Crippen molar-refractivity contribution in [2.45, 2.75) is 6.92 Å². The number of ketones is 1. The van der Waals surface area contributed by atoms with Gasteiger partial charge in [-0.1, -0.05) is 5.92 Å². The third-order valence-electron chi connectivity index (χ3n) is 1.64. The van der Waals surface area contributed by atoms with E-state index in [1.807, 2.05) is 0 Å². The number of rotatable bonds is 3. The summed E-state index contributed by atoms with van der Waals surface area (Å²) in [6.45, 7) is 1.74. The molecule has 0 saturated carbocycles. The number of ether oxygens (including phenoxy) is 1. The lowest BCUT2D eigenvalue weighted by Gasteiger charge is -2.04. The van der Waals surface area contributed by atoms with E-state index in [1.54, 1.807) is 18.2 Å². The summed E-state index contributed by atoms with van der Waals surface area (Å²) in [6.07, 6.45) is 5.05. The van der Waals surface area contributed by atoms with Gasteiger partial charge in [0, 0.05) is 10.0 Å². The Morgan fingerprint density at radius 2 is 2.36 bits per heavy atom. The minimum atomic E-state index is 0.0142. The maximum Gasteiger partial charge on any atom is 0.160 e. The third-order valence-corrected chi connectivity index (χ3v) is 2.30. The number of carbonyl (C=O) groups is 1. The van der Waals surface area contributed by atoms with Gasteiger partial charge in [0.15, 0.2) is 5.78 Å². The maximum absolute atomic E-state index is 11.1. The van der Waals surface area contributed by atoms with E-state index in [0.717, 1.165) is 4.47 Å². The fourth-order valence-electron chi connectivity index (χ4n) is 0.996. The zero-order chi connectivity index (χ0) is 10.6. The van der Waals surface area contributed by atoms with Crippen LogP contribution in [0.15, 0.2) is 22.7 Å². The molecule has 0 spiro atoms. The van der Waals surface area contributed by atoms with Crippen molar-refractivity contribution >= 4 is 21.7 Å². The first-order valence-electron chi connectivity index (χ1n) is 4.02. The standard InChI is InChI=1S/C11H9BrO2/c1-3-6-14-9-4-5-10(8(2)13)11(12)7-9/h1,4-5,7H,6H2,2H3. The molecule has 1 aromatic rings. The molecular weight excluding hydrogens is 244 g/mol. The molecule has 0 unspecified atom stereocenters. The van der Waals surface area contributed by atoms with Gasteiger partial charge in [0.2, 0.25) is 0 Å². The fraction of sp³-hybridized carbons (Fsp3) is 0.182. The highest BCUT2D eigenvalue weighted by Gasteiger charge is 2.05. The quantitative estimate of drug-likeness (QED) is 0.611. The Morgan fingerprint density at radius 1 is 1.64 bits per heavy atom. The van der Waals surface area contributed by atoms with Crippen molar-refractivity contribution in [3.05, 3.63) is 28.2 Å². The Hall–Kier alpha value is -1.27. The predicted molar refractivity (Wildman–Crippen MR) is 58.5 cm³/mol. The molecule has 3 heteroatoms. The molecule has 0 atom stereocenters. The van der Waals surface area contributed by atoms with Gasteiger partial charge in [-0.15, -0.1) is 6.42 Å². The molecule has 0 N–H and O–H groups in total. The summed E-state index contributed by atoms with van der Waals surface area (Å²) in [5.41, 5.74) is 0.637. The largest absolute Gasteiger partial charge is 0.481 e. The topological polar surface area (TPSA) is 26.3 Å².